The molecule has 0 saturated heterocycles. The minimum Gasteiger partial charge on any atom is -0.463 e. The van der Waals surface area contributed by atoms with E-state index in [0.717, 1.165) is 0 Å². The molecule has 0 aliphatic heterocycles. The number of carbonyl (C=O) groups is 1. The second-order valence-corrected chi connectivity index (χ2v) is 6.12. The van der Waals surface area contributed by atoms with E-state index < -0.39 is 11.7 Å². The predicted molar refractivity (Wildman–Crippen MR) is 86.9 cm³/mol. The van der Waals surface area contributed by atoms with Crippen molar-refractivity contribution in [2.75, 3.05) is 5.32 Å². The Morgan fingerprint density at radius 2 is 2.24 bits per heavy atom. The highest BCUT2D eigenvalue weighted by Crippen LogP contribution is 2.25. The third kappa shape index (κ3) is 3.13. The molecule has 1 aromatic carbocycles. The van der Waals surface area contributed by atoms with E-state index in [0.29, 0.717) is 20.2 Å². The Morgan fingerprint density at radius 1 is 1.38 bits per heavy atom. The lowest BCUT2D eigenvalue weighted by molar-refractivity contribution is 0.102. The molecular formula is C14H8FIN2O2S. The number of furan rings is 1. The van der Waals surface area contributed by atoms with Crippen LogP contribution in [0.15, 0.2) is 46.4 Å². The number of halogens is 2. The highest BCUT2D eigenvalue weighted by Gasteiger charge is 2.12. The van der Waals surface area contributed by atoms with E-state index in [1.807, 2.05) is 22.6 Å². The van der Waals surface area contributed by atoms with Gasteiger partial charge >= 0.3 is 0 Å². The van der Waals surface area contributed by atoms with Gasteiger partial charge in [0, 0.05) is 14.5 Å². The van der Waals surface area contributed by atoms with Crippen LogP contribution < -0.4 is 5.32 Å². The van der Waals surface area contributed by atoms with Gasteiger partial charge < -0.3 is 4.42 Å². The molecule has 3 rings (SSSR count). The Kier molecular flexibility index (Phi) is 4.02. The lowest BCUT2D eigenvalue weighted by atomic mass is 10.2. The van der Waals surface area contributed by atoms with E-state index in [1.54, 1.807) is 35.9 Å². The molecule has 0 atom stereocenters. The van der Waals surface area contributed by atoms with Gasteiger partial charge in [-0.25, -0.2) is 9.37 Å². The number of hydrogen-bond acceptors (Lipinski definition) is 4. The highest BCUT2D eigenvalue weighted by molar-refractivity contribution is 14.1. The third-order valence-electron chi connectivity index (χ3n) is 2.68. The fourth-order valence-corrected chi connectivity index (χ4v) is 2.71. The largest absolute Gasteiger partial charge is 0.463 e. The lowest BCUT2D eigenvalue weighted by Gasteiger charge is -2.02. The molecule has 0 fully saturated rings. The fraction of sp³-hybridized carbons (Fsp3) is 0. The van der Waals surface area contributed by atoms with Crippen LogP contribution in [0.1, 0.15) is 10.4 Å². The van der Waals surface area contributed by atoms with Gasteiger partial charge in [0.05, 0.1) is 6.26 Å². The lowest BCUT2D eigenvalue weighted by Crippen LogP contribution is -2.12. The second kappa shape index (κ2) is 5.94. The van der Waals surface area contributed by atoms with Crippen molar-refractivity contribution in [2.24, 2.45) is 0 Å². The number of aromatic nitrogens is 1. The predicted octanol–water partition coefficient (Wildman–Crippen LogP) is 4.40. The minimum absolute atomic E-state index is 0.252. The Labute approximate surface area is 137 Å². The molecular weight excluding hydrogens is 406 g/mol. The highest BCUT2D eigenvalue weighted by atomic mass is 127. The van der Waals surface area contributed by atoms with Crippen molar-refractivity contribution >= 4 is 45.0 Å². The van der Waals surface area contributed by atoms with Crippen molar-refractivity contribution in [3.63, 3.8) is 0 Å². The van der Waals surface area contributed by atoms with Crippen molar-refractivity contribution in [2.45, 2.75) is 0 Å². The second-order valence-electron chi connectivity index (χ2n) is 4.10. The molecule has 1 N–H and O–H groups in total. The van der Waals surface area contributed by atoms with Gasteiger partial charge in [0.15, 0.2) is 10.9 Å². The number of carbonyl (C=O) groups excluding carboxylic acids is 1. The van der Waals surface area contributed by atoms with Gasteiger partial charge in [-0.2, -0.15) is 0 Å². The number of anilines is 1. The summed E-state index contributed by atoms with van der Waals surface area (Å²) in [5.74, 6) is -0.184. The standard InChI is InChI=1S/C14H8FIN2O2S/c15-9-6-8(3-4-10(9)16)13(19)18-14-17-11(7-21-14)12-2-1-5-20-12/h1-7H,(H,17,18,19). The van der Waals surface area contributed by atoms with E-state index in [2.05, 4.69) is 10.3 Å². The van der Waals surface area contributed by atoms with E-state index in [1.165, 1.54) is 17.4 Å². The molecule has 0 aliphatic rings. The number of nitrogens with one attached hydrogen (secondary N) is 1. The van der Waals surface area contributed by atoms with Crippen molar-refractivity contribution in [1.82, 2.24) is 4.98 Å². The number of amides is 1. The van der Waals surface area contributed by atoms with Crippen molar-refractivity contribution in [1.29, 1.82) is 0 Å². The van der Waals surface area contributed by atoms with Gasteiger partial charge in [0.25, 0.3) is 5.91 Å². The molecule has 4 nitrogen and oxygen atoms in total. The Balaban J connectivity index is 1.77. The summed E-state index contributed by atoms with van der Waals surface area (Å²) < 4.78 is 19.2. The van der Waals surface area contributed by atoms with Gasteiger partial charge in [0.2, 0.25) is 0 Å². The molecule has 1 amide bonds. The topological polar surface area (TPSA) is 55.1 Å². The molecule has 0 saturated carbocycles. The number of rotatable bonds is 3. The van der Waals surface area contributed by atoms with Crippen molar-refractivity contribution in [3.8, 4) is 11.5 Å². The molecule has 3 aromatic rings. The van der Waals surface area contributed by atoms with Gasteiger partial charge in [-0.05, 0) is 52.9 Å². The van der Waals surface area contributed by atoms with Gasteiger partial charge in [-0.1, -0.05) is 0 Å². The van der Waals surface area contributed by atoms with Gasteiger partial charge in [0.1, 0.15) is 11.5 Å². The molecule has 0 aliphatic carbocycles. The van der Waals surface area contributed by atoms with Crippen LogP contribution in [0.2, 0.25) is 0 Å². The molecule has 106 valence electrons. The molecule has 2 aromatic heterocycles. The normalized spacial score (nSPS) is 10.6. The molecule has 2 heterocycles. The summed E-state index contributed by atoms with van der Waals surface area (Å²) in [6.07, 6.45) is 1.56. The van der Waals surface area contributed by atoms with Crippen LogP contribution in [0.5, 0.6) is 0 Å². The summed E-state index contributed by atoms with van der Waals surface area (Å²) in [5.41, 5.74) is 0.900. The molecule has 21 heavy (non-hydrogen) atoms. The monoisotopic (exact) mass is 414 g/mol. The fourth-order valence-electron chi connectivity index (χ4n) is 1.68. The van der Waals surface area contributed by atoms with Crippen molar-refractivity contribution < 1.29 is 13.6 Å². The van der Waals surface area contributed by atoms with Crippen molar-refractivity contribution in [3.05, 3.63) is 56.9 Å². The van der Waals surface area contributed by atoms with Crippen LogP contribution in [0, 0.1) is 9.39 Å². The van der Waals surface area contributed by atoms with Gasteiger partial charge in [-0.3, -0.25) is 10.1 Å². The first-order valence-electron chi connectivity index (χ1n) is 5.89. The summed E-state index contributed by atoms with van der Waals surface area (Å²) in [6, 6.07) is 7.89. The zero-order valence-electron chi connectivity index (χ0n) is 10.5. The molecule has 0 unspecified atom stereocenters. The zero-order chi connectivity index (χ0) is 14.8. The van der Waals surface area contributed by atoms with Crippen LogP contribution in [0.25, 0.3) is 11.5 Å². The Morgan fingerprint density at radius 3 is 2.95 bits per heavy atom. The number of benzene rings is 1. The number of hydrogen-bond donors (Lipinski definition) is 1. The van der Waals surface area contributed by atoms with E-state index in [9.17, 15) is 9.18 Å². The van der Waals surface area contributed by atoms with E-state index >= 15 is 0 Å². The first-order valence-corrected chi connectivity index (χ1v) is 7.85. The summed E-state index contributed by atoms with van der Waals surface area (Å²) in [5, 5.41) is 4.86. The van der Waals surface area contributed by atoms with Crippen LogP contribution in [-0.4, -0.2) is 10.9 Å². The average Bonchev–Trinajstić information content (AvgIpc) is 3.12. The van der Waals surface area contributed by atoms with Crippen LogP contribution in [0.3, 0.4) is 0 Å². The summed E-state index contributed by atoms with van der Waals surface area (Å²) in [4.78, 5) is 16.3. The maximum Gasteiger partial charge on any atom is 0.257 e. The summed E-state index contributed by atoms with van der Waals surface area (Å²) >= 11 is 3.15. The average molecular weight is 414 g/mol. The third-order valence-corrected chi connectivity index (χ3v) is 4.31. The van der Waals surface area contributed by atoms with Crippen LogP contribution >= 0.6 is 33.9 Å². The summed E-state index contributed by atoms with van der Waals surface area (Å²) in [6.45, 7) is 0. The maximum absolute atomic E-state index is 13.5. The first kappa shape index (κ1) is 14.2. The van der Waals surface area contributed by atoms with E-state index in [4.69, 9.17) is 4.42 Å². The SMILES string of the molecule is O=C(Nc1nc(-c2ccco2)cs1)c1ccc(I)c(F)c1. The molecule has 7 heteroatoms. The first-order chi connectivity index (χ1) is 10.1. The van der Waals surface area contributed by atoms with E-state index in [-0.39, 0.29) is 5.56 Å². The summed E-state index contributed by atoms with van der Waals surface area (Å²) in [7, 11) is 0. The molecule has 0 bridgehead atoms. The zero-order valence-corrected chi connectivity index (χ0v) is 13.4. The molecule has 0 radical (unpaired) electrons. The number of thiazole rings is 1. The quantitative estimate of drug-likeness (QED) is 0.647. The van der Waals surface area contributed by atoms with Gasteiger partial charge in [-0.15, -0.1) is 11.3 Å². The Bertz CT molecular complexity index is 786. The maximum atomic E-state index is 13.5. The smallest absolute Gasteiger partial charge is 0.257 e. The Hall–Kier alpha value is -1.74. The molecule has 0 spiro atoms. The van der Waals surface area contributed by atoms with Crippen LogP contribution in [-0.2, 0) is 0 Å². The number of nitrogens with zero attached hydrogens (tertiary/aromatic N) is 1. The minimum atomic E-state index is -0.418. The van der Waals surface area contributed by atoms with Crippen LogP contribution in [0.4, 0.5) is 9.52 Å².